The number of amides is 2. The summed E-state index contributed by atoms with van der Waals surface area (Å²) in [5.74, 6) is -0.296. The van der Waals surface area contributed by atoms with Gasteiger partial charge < -0.3 is 4.74 Å². The fourth-order valence-electron chi connectivity index (χ4n) is 0.868. The number of nitrogens with zero attached hydrogens (tertiary/aromatic N) is 1. The summed E-state index contributed by atoms with van der Waals surface area (Å²) in [6.45, 7) is 5.19. The third kappa shape index (κ3) is 1.24. The SMILES string of the molecule is C=CCN1C(=O)O[C@@H](C)C1=O. The van der Waals surface area contributed by atoms with Gasteiger partial charge in [0.25, 0.3) is 5.91 Å². The highest BCUT2D eigenvalue weighted by molar-refractivity contribution is 5.99. The fourth-order valence-corrected chi connectivity index (χ4v) is 0.868. The van der Waals surface area contributed by atoms with Gasteiger partial charge in [0.2, 0.25) is 0 Å². The van der Waals surface area contributed by atoms with Crippen molar-refractivity contribution in [1.82, 2.24) is 4.90 Å². The van der Waals surface area contributed by atoms with Crippen LogP contribution in [0.3, 0.4) is 0 Å². The summed E-state index contributed by atoms with van der Waals surface area (Å²) in [5.41, 5.74) is 0. The van der Waals surface area contributed by atoms with Gasteiger partial charge in [0.05, 0.1) is 0 Å². The lowest BCUT2D eigenvalue weighted by Crippen LogP contribution is -2.30. The molecule has 0 radical (unpaired) electrons. The lowest BCUT2D eigenvalue weighted by atomic mass is 10.4. The molecule has 1 aliphatic rings. The summed E-state index contributed by atoms with van der Waals surface area (Å²) in [7, 11) is 0. The van der Waals surface area contributed by atoms with Crippen molar-refractivity contribution < 1.29 is 14.3 Å². The van der Waals surface area contributed by atoms with E-state index in [-0.39, 0.29) is 12.5 Å². The van der Waals surface area contributed by atoms with E-state index in [1.54, 1.807) is 6.92 Å². The Morgan fingerprint density at radius 3 is 2.73 bits per heavy atom. The molecule has 0 aromatic heterocycles. The molecule has 4 nitrogen and oxygen atoms in total. The first-order valence-electron chi connectivity index (χ1n) is 3.29. The van der Waals surface area contributed by atoms with Gasteiger partial charge >= 0.3 is 6.09 Å². The van der Waals surface area contributed by atoms with Crippen LogP contribution in [0.4, 0.5) is 4.79 Å². The first-order chi connectivity index (χ1) is 5.16. The second kappa shape index (κ2) is 2.74. The topological polar surface area (TPSA) is 46.6 Å². The Hall–Kier alpha value is -1.32. The molecule has 60 valence electrons. The van der Waals surface area contributed by atoms with Gasteiger partial charge in [0, 0.05) is 6.54 Å². The molecule has 0 spiro atoms. The number of imide groups is 1. The highest BCUT2D eigenvalue weighted by atomic mass is 16.6. The van der Waals surface area contributed by atoms with Crippen molar-refractivity contribution in [2.24, 2.45) is 0 Å². The molecule has 4 heteroatoms. The van der Waals surface area contributed by atoms with E-state index in [2.05, 4.69) is 11.3 Å². The average molecular weight is 155 g/mol. The molecule has 1 atom stereocenters. The number of carbonyl (C=O) groups excluding carboxylic acids is 2. The Kier molecular flexibility index (Phi) is 1.94. The summed E-state index contributed by atoms with van der Waals surface area (Å²) in [5, 5.41) is 0. The molecule has 0 aromatic carbocycles. The van der Waals surface area contributed by atoms with Crippen molar-refractivity contribution in [2.75, 3.05) is 6.54 Å². The van der Waals surface area contributed by atoms with E-state index in [4.69, 9.17) is 0 Å². The first kappa shape index (κ1) is 7.78. The van der Waals surface area contributed by atoms with Gasteiger partial charge in [-0.1, -0.05) is 6.08 Å². The minimum Gasteiger partial charge on any atom is -0.436 e. The number of hydrogen-bond donors (Lipinski definition) is 0. The van der Waals surface area contributed by atoms with Gasteiger partial charge in [0.1, 0.15) is 0 Å². The van der Waals surface area contributed by atoms with Crippen LogP contribution in [0.25, 0.3) is 0 Å². The van der Waals surface area contributed by atoms with E-state index >= 15 is 0 Å². The second-order valence-electron chi connectivity index (χ2n) is 2.26. The van der Waals surface area contributed by atoms with Gasteiger partial charge in [0.15, 0.2) is 6.10 Å². The van der Waals surface area contributed by atoms with Crippen molar-refractivity contribution in [2.45, 2.75) is 13.0 Å². The van der Waals surface area contributed by atoms with Crippen LogP contribution in [0, 0.1) is 0 Å². The van der Waals surface area contributed by atoms with Gasteiger partial charge in [-0.2, -0.15) is 0 Å². The molecule has 2 amide bonds. The number of rotatable bonds is 2. The Bertz CT molecular complexity index is 212. The van der Waals surface area contributed by atoms with E-state index in [0.29, 0.717) is 0 Å². The standard InChI is InChI=1S/C7H9NO3/c1-3-4-8-6(9)5(2)11-7(8)10/h3,5H,1,4H2,2H3/t5-/m0/s1. The van der Waals surface area contributed by atoms with Gasteiger partial charge in [-0.05, 0) is 6.92 Å². The maximum absolute atomic E-state index is 11.0. The smallest absolute Gasteiger partial charge is 0.417 e. The van der Waals surface area contributed by atoms with E-state index in [1.807, 2.05) is 0 Å². The highest BCUT2D eigenvalue weighted by Crippen LogP contribution is 2.11. The maximum Gasteiger partial charge on any atom is 0.417 e. The molecule has 0 aliphatic carbocycles. The summed E-state index contributed by atoms with van der Waals surface area (Å²) in [6, 6.07) is 0. The van der Waals surface area contributed by atoms with Crippen LogP contribution in [0.15, 0.2) is 12.7 Å². The minimum atomic E-state index is -0.637. The molecular weight excluding hydrogens is 146 g/mol. The van der Waals surface area contributed by atoms with Crippen LogP contribution < -0.4 is 0 Å². The van der Waals surface area contributed by atoms with Crippen molar-refractivity contribution >= 4 is 12.0 Å². The fraction of sp³-hybridized carbons (Fsp3) is 0.429. The zero-order valence-corrected chi connectivity index (χ0v) is 6.24. The minimum absolute atomic E-state index is 0.224. The molecular formula is C7H9NO3. The van der Waals surface area contributed by atoms with Gasteiger partial charge in [-0.15, -0.1) is 6.58 Å². The molecule has 0 saturated carbocycles. The lowest BCUT2D eigenvalue weighted by molar-refractivity contribution is -0.128. The second-order valence-corrected chi connectivity index (χ2v) is 2.26. The number of hydrogen-bond acceptors (Lipinski definition) is 3. The Morgan fingerprint density at radius 1 is 1.73 bits per heavy atom. The van der Waals surface area contributed by atoms with Crippen LogP contribution in [0.5, 0.6) is 0 Å². The molecule has 1 rings (SSSR count). The number of carbonyl (C=O) groups is 2. The van der Waals surface area contributed by atoms with Crippen LogP contribution in [-0.4, -0.2) is 29.5 Å². The van der Waals surface area contributed by atoms with Crippen LogP contribution in [0.1, 0.15) is 6.92 Å². The zero-order chi connectivity index (χ0) is 8.43. The van der Waals surface area contributed by atoms with E-state index in [9.17, 15) is 9.59 Å². The average Bonchev–Trinajstić information content (AvgIpc) is 2.17. The van der Waals surface area contributed by atoms with E-state index in [1.165, 1.54) is 6.08 Å². The Labute approximate surface area is 64.4 Å². The molecule has 0 aromatic rings. The Balaban J connectivity index is 2.71. The van der Waals surface area contributed by atoms with Crippen molar-refractivity contribution in [1.29, 1.82) is 0 Å². The molecule has 1 fully saturated rings. The lowest BCUT2D eigenvalue weighted by Gasteiger charge is -2.05. The predicted octanol–water partition coefficient (Wildman–Crippen LogP) is 0.540. The summed E-state index contributed by atoms with van der Waals surface area (Å²) < 4.78 is 4.63. The molecule has 1 saturated heterocycles. The van der Waals surface area contributed by atoms with E-state index in [0.717, 1.165) is 4.90 Å². The monoisotopic (exact) mass is 155 g/mol. The molecule has 11 heavy (non-hydrogen) atoms. The van der Waals surface area contributed by atoms with Crippen molar-refractivity contribution in [3.05, 3.63) is 12.7 Å². The van der Waals surface area contributed by atoms with Crippen LogP contribution >= 0.6 is 0 Å². The summed E-state index contributed by atoms with van der Waals surface area (Å²) in [4.78, 5) is 22.9. The molecule has 1 aliphatic heterocycles. The van der Waals surface area contributed by atoms with Crippen molar-refractivity contribution in [3.8, 4) is 0 Å². The molecule has 0 N–H and O–H groups in total. The van der Waals surface area contributed by atoms with E-state index < -0.39 is 12.2 Å². The predicted molar refractivity (Wildman–Crippen MR) is 37.9 cm³/mol. The zero-order valence-electron chi connectivity index (χ0n) is 6.24. The number of ether oxygens (including phenoxy) is 1. The van der Waals surface area contributed by atoms with Crippen LogP contribution in [0.2, 0.25) is 0 Å². The van der Waals surface area contributed by atoms with Gasteiger partial charge in [-0.25, -0.2) is 9.69 Å². The largest absolute Gasteiger partial charge is 0.436 e. The molecule has 1 heterocycles. The Morgan fingerprint density at radius 2 is 2.36 bits per heavy atom. The third-order valence-electron chi connectivity index (χ3n) is 1.42. The van der Waals surface area contributed by atoms with Gasteiger partial charge in [-0.3, -0.25) is 4.79 Å². The van der Waals surface area contributed by atoms with Crippen LogP contribution in [-0.2, 0) is 9.53 Å². The molecule has 0 bridgehead atoms. The third-order valence-corrected chi connectivity index (χ3v) is 1.42. The maximum atomic E-state index is 11.0. The summed E-state index contributed by atoms with van der Waals surface area (Å²) >= 11 is 0. The number of cyclic esters (lactones) is 1. The summed E-state index contributed by atoms with van der Waals surface area (Å²) in [6.07, 6.45) is 0.266. The normalized spacial score (nSPS) is 23.7. The highest BCUT2D eigenvalue weighted by Gasteiger charge is 2.36. The quantitative estimate of drug-likeness (QED) is 0.547. The van der Waals surface area contributed by atoms with Crippen molar-refractivity contribution in [3.63, 3.8) is 0 Å². The first-order valence-corrected chi connectivity index (χ1v) is 3.29. The molecule has 0 unspecified atom stereocenters.